The molecule has 0 aromatic heterocycles. The molecule has 0 aromatic carbocycles. The van der Waals surface area contributed by atoms with Crippen LogP contribution in [0.15, 0.2) is 0 Å². The second-order valence-electron chi connectivity index (χ2n) is 3.71. The molecule has 1 aliphatic rings. The number of rotatable bonds is 5. The largest absolute Gasteiger partial charge is 0.617 e. The summed E-state index contributed by atoms with van der Waals surface area (Å²) in [6, 6.07) is 0. The van der Waals surface area contributed by atoms with Crippen molar-refractivity contribution in [2.24, 2.45) is 5.92 Å². The minimum atomic E-state index is -0.912. The normalized spacial score (nSPS) is 23.2. The van der Waals surface area contributed by atoms with Crippen LogP contribution in [0.2, 0.25) is 0 Å². The molecule has 0 spiro atoms. The summed E-state index contributed by atoms with van der Waals surface area (Å²) in [7, 11) is 0. The summed E-state index contributed by atoms with van der Waals surface area (Å²) in [6.45, 7) is 0.812. The Bertz CT molecular complexity index is 256. The van der Waals surface area contributed by atoms with Gasteiger partial charge in [-0.15, -0.1) is 0 Å². The van der Waals surface area contributed by atoms with Crippen molar-refractivity contribution in [2.75, 3.05) is 25.1 Å². The molecular formula is C9H15NO4S. The standard InChI is InChI=1S/C9H15NO4S/c1-15(14)4-2-3-10-6-7(9(12)13)5-8(10)11/h7H,2-6H2,1H3,(H,12,13). The molecule has 1 fully saturated rings. The van der Waals surface area contributed by atoms with Crippen LogP contribution in [0.5, 0.6) is 0 Å². The maximum absolute atomic E-state index is 11.4. The highest BCUT2D eigenvalue weighted by Gasteiger charge is 2.33. The third-order valence-corrected chi connectivity index (χ3v) is 3.29. The lowest BCUT2D eigenvalue weighted by atomic mass is 10.1. The lowest BCUT2D eigenvalue weighted by Crippen LogP contribution is -2.28. The molecule has 1 amide bonds. The highest BCUT2D eigenvalue weighted by molar-refractivity contribution is 7.90. The van der Waals surface area contributed by atoms with Crippen molar-refractivity contribution in [2.45, 2.75) is 12.8 Å². The first-order chi connectivity index (χ1) is 7.00. The molecular weight excluding hydrogens is 218 g/mol. The third-order valence-electron chi connectivity index (χ3n) is 2.42. The quantitative estimate of drug-likeness (QED) is 0.660. The zero-order valence-corrected chi connectivity index (χ0v) is 9.46. The Labute approximate surface area is 91.6 Å². The van der Waals surface area contributed by atoms with Crippen LogP contribution in [-0.2, 0) is 20.8 Å². The van der Waals surface area contributed by atoms with E-state index in [1.807, 2.05) is 0 Å². The smallest absolute Gasteiger partial charge is 0.308 e. The van der Waals surface area contributed by atoms with Crippen molar-refractivity contribution in [1.82, 2.24) is 4.90 Å². The Morgan fingerprint density at radius 1 is 1.73 bits per heavy atom. The van der Waals surface area contributed by atoms with Crippen molar-refractivity contribution in [3.63, 3.8) is 0 Å². The van der Waals surface area contributed by atoms with Crippen LogP contribution in [0.1, 0.15) is 12.8 Å². The zero-order valence-electron chi connectivity index (χ0n) is 8.64. The van der Waals surface area contributed by atoms with Crippen molar-refractivity contribution in [1.29, 1.82) is 0 Å². The molecule has 15 heavy (non-hydrogen) atoms. The van der Waals surface area contributed by atoms with E-state index < -0.39 is 23.1 Å². The van der Waals surface area contributed by atoms with Crippen LogP contribution in [0.25, 0.3) is 0 Å². The van der Waals surface area contributed by atoms with Crippen LogP contribution in [0.3, 0.4) is 0 Å². The van der Waals surface area contributed by atoms with E-state index in [9.17, 15) is 14.1 Å². The number of hydrogen-bond donors (Lipinski definition) is 1. The average molecular weight is 233 g/mol. The molecule has 2 unspecified atom stereocenters. The molecule has 1 heterocycles. The summed E-state index contributed by atoms with van der Waals surface area (Å²) in [4.78, 5) is 23.5. The molecule has 1 rings (SSSR count). The van der Waals surface area contributed by atoms with Gasteiger partial charge in [0.05, 0.1) is 12.2 Å². The van der Waals surface area contributed by atoms with Gasteiger partial charge in [-0.3, -0.25) is 9.59 Å². The number of hydrogen-bond acceptors (Lipinski definition) is 3. The van der Waals surface area contributed by atoms with Gasteiger partial charge in [-0.25, -0.2) is 0 Å². The lowest BCUT2D eigenvalue weighted by Gasteiger charge is -2.15. The van der Waals surface area contributed by atoms with E-state index >= 15 is 0 Å². The van der Waals surface area contributed by atoms with Crippen molar-refractivity contribution in [3.8, 4) is 0 Å². The fraction of sp³-hybridized carbons (Fsp3) is 0.778. The SMILES string of the molecule is C[S+]([O-])CCCN1CC(C(=O)O)CC1=O. The second-order valence-corrected chi connectivity index (χ2v) is 5.26. The minimum absolute atomic E-state index is 0.102. The number of carbonyl (C=O) groups is 2. The van der Waals surface area contributed by atoms with E-state index in [0.717, 1.165) is 0 Å². The van der Waals surface area contributed by atoms with Gasteiger partial charge < -0.3 is 14.6 Å². The summed E-state index contributed by atoms with van der Waals surface area (Å²) in [6.07, 6.45) is 2.39. The van der Waals surface area contributed by atoms with E-state index in [0.29, 0.717) is 25.3 Å². The molecule has 1 aliphatic heterocycles. The number of amides is 1. The van der Waals surface area contributed by atoms with Crippen LogP contribution < -0.4 is 0 Å². The van der Waals surface area contributed by atoms with Gasteiger partial charge in [-0.2, -0.15) is 0 Å². The van der Waals surface area contributed by atoms with Gasteiger partial charge in [0.2, 0.25) is 5.91 Å². The number of likely N-dealkylation sites (tertiary alicyclic amines) is 1. The maximum Gasteiger partial charge on any atom is 0.308 e. The summed E-state index contributed by atoms with van der Waals surface area (Å²) in [5.41, 5.74) is 0. The van der Waals surface area contributed by atoms with Crippen LogP contribution >= 0.6 is 0 Å². The second kappa shape index (κ2) is 5.37. The Kier molecular flexibility index (Phi) is 4.41. The van der Waals surface area contributed by atoms with Crippen molar-refractivity contribution >= 4 is 23.1 Å². The molecule has 0 aromatic rings. The number of aliphatic carboxylic acids is 1. The summed E-state index contributed by atoms with van der Waals surface area (Å²) >= 11 is -0.849. The molecule has 0 aliphatic carbocycles. The van der Waals surface area contributed by atoms with Crippen molar-refractivity contribution < 1.29 is 19.2 Å². The molecule has 0 saturated carbocycles. The Morgan fingerprint density at radius 2 is 2.40 bits per heavy atom. The molecule has 5 nitrogen and oxygen atoms in total. The molecule has 0 radical (unpaired) electrons. The van der Waals surface area contributed by atoms with E-state index in [2.05, 4.69) is 0 Å². The Hall–Kier alpha value is -0.750. The van der Waals surface area contributed by atoms with Gasteiger partial charge in [-0.05, 0) is 0 Å². The number of carbonyl (C=O) groups excluding carboxylic acids is 1. The number of carboxylic acid groups (broad SMARTS) is 1. The summed E-state index contributed by atoms with van der Waals surface area (Å²) < 4.78 is 10.8. The summed E-state index contributed by atoms with van der Waals surface area (Å²) in [5, 5.41) is 8.73. The number of carboxylic acids is 1. The maximum atomic E-state index is 11.4. The third kappa shape index (κ3) is 3.71. The summed E-state index contributed by atoms with van der Waals surface area (Å²) in [5.74, 6) is -1.03. The average Bonchev–Trinajstić information content (AvgIpc) is 2.47. The van der Waals surface area contributed by atoms with Crippen LogP contribution in [-0.4, -0.2) is 51.5 Å². The first-order valence-electron chi connectivity index (χ1n) is 4.81. The number of nitrogens with zero attached hydrogens (tertiary/aromatic N) is 1. The zero-order chi connectivity index (χ0) is 11.4. The van der Waals surface area contributed by atoms with E-state index in [1.165, 1.54) is 0 Å². The highest BCUT2D eigenvalue weighted by atomic mass is 32.2. The van der Waals surface area contributed by atoms with E-state index in [-0.39, 0.29) is 12.3 Å². The topological polar surface area (TPSA) is 80.7 Å². The lowest BCUT2D eigenvalue weighted by molar-refractivity contribution is -0.141. The van der Waals surface area contributed by atoms with Gasteiger partial charge >= 0.3 is 5.97 Å². The van der Waals surface area contributed by atoms with Crippen molar-refractivity contribution in [3.05, 3.63) is 0 Å². The molecule has 2 atom stereocenters. The van der Waals surface area contributed by atoms with E-state index in [1.54, 1.807) is 11.2 Å². The molecule has 6 heteroatoms. The van der Waals surface area contributed by atoms with Gasteiger partial charge in [0, 0.05) is 25.9 Å². The fourth-order valence-electron chi connectivity index (χ4n) is 1.61. The predicted molar refractivity (Wildman–Crippen MR) is 55.9 cm³/mol. The molecule has 1 saturated heterocycles. The van der Waals surface area contributed by atoms with Gasteiger partial charge in [0.1, 0.15) is 5.75 Å². The van der Waals surface area contributed by atoms with Gasteiger partial charge in [0.25, 0.3) is 0 Å². The van der Waals surface area contributed by atoms with E-state index in [4.69, 9.17) is 5.11 Å². The fourth-order valence-corrected chi connectivity index (χ4v) is 2.15. The first-order valence-corrected chi connectivity index (χ1v) is 6.54. The molecule has 0 bridgehead atoms. The highest BCUT2D eigenvalue weighted by Crippen LogP contribution is 2.17. The van der Waals surface area contributed by atoms with Gasteiger partial charge in [0.15, 0.2) is 0 Å². The van der Waals surface area contributed by atoms with Crippen LogP contribution in [0.4, 0.5) is 0 Å². The monoisotopic (exact) mass is 233 g/mol. The van der Waals surface area contributed by atoms with Crippen LogP contribution in [0, 0.1) is 5.92 Å². The minimum Gasteiger partial charge on any atom is -0.617 e. The molecule has 86 valence electrons. The Morgan fingerprint density at radius 3 is 2.87 bits per heavy atom. The predicted octanol–water partition coefficient (Wildman–Crippen LogP) is -0.312. The Balaban J connectivity index is 2.31. The first kappa shape index (κ1) is 12.3. The molecule has 1 N–H and O–H groups in total. The van der Waals surface area contributed by atoms with Gasteiger partial charge in [-0.1, -0.05) is 11.2 Å².